The van der Waals surface area contributed by atoms with Crippen LogP contribution in [0.3, 0.4) is 0 Å². The molecule has 0 aromatic carbocycles. The molecule has 0 saturated carbocycles. The number of hydrogen-bond acceptors (Lipinski definition) is 1. The molecule has 0 radical (unpaired) electrons. The molecule has 0 rings (SSSR count). The summed E-state index contributed by atoms with van der Waals surface area (Å²) in [7, 11) is 0. The molecular formula is C15H32O. The molecule has 0 spiro atoms. The lowest BCUT2D eigenvalue weighted by Gasteiger charge is -2.13. The molecule has 0 N–H and O–H groups in total. The molecule has 1 heteroatoms. The van der Waals surface area contributed by atoms with Crippen molar-refractivity contribution in [3.05, 3.63) is 0 Å². The fraction of sp³-hybridized carbons (Fsp3) is 1.00. The standard InChI is InChI=1S/C15H32O/c1-4-7-8-9-10-11-12-13-14-16-15(5-2)6-3/h15H,4-14H2,1-3H3. The van der Waals surface area contributed by atoms with Crippen molar-refractivity contribution in [2.24, 2.45) is 0 Å². The van der Waals surface area contributed by atoms with Crippen molar-refractivity contribution >= 4 is 0 Å². The predicted octanol–water partition coefficient (Wildman–Crippen LogP) is 5.33. The fourth-order valence-electron chi connectivity index (χ4n) is 2.01. The number of unbranched alkanes of at least 4 members (excludes halogenated alkanes) is 7. The van der Waals surface area contributed by atoms with E-state index in [1.807, 2.05) is 0 Å². The molecular weight excluding hydrogens is 196 g/mol. The van der Waals surface area contributed by atoms with E-state index in [-0.39, 0.29) is 0 Å². The average Bonchev–Trinajstić information content (AvgIpc) is 2.32. The lowest BCUT2D eigenvalue weighted by molar-refractivity contribution is 0.0457. The van der Waals surface area contributed by atoms with Gasteiger partial charge in [-0.3, -0.25) is 0 Å². The minimum Gasteiger partial charge on any atom is -0.378 e. The highest BCUT2D eigenvalue weighted by Crippen LogP contribution is 2.09. The third-order valence-corrected chi connectivity index (χ3v) is 3.26. The van der Waals surface area contributed by atoms with Gasteiger partial charge in [-0.15, -0.1) is 0 Å². The van der Waals surface area contributed by atoms with Crippen molar-refractivity contribution in [3.63, 3.8) is 0 Å². The van der Waals surface area contributed by atoms with Crippen LogP contribution >= 0.6 is 0 Å². The zero-order valence-electron chi connectivity index (χ0n) is 11.8. The molecule has 0 aromatic heterocycles. The van der Waals surface area contributed by atoms with Gasteiger partial charge < -0.3 is 4.74 Å². The molecule has 0 aliphatic carbocycles. The minimum atomic E-state index is 0.504. The highest BCUT2D eigenvalue weighted by Gasteiger charge is 2.01. The molecule has 16 heavy (non-hydrogen) atoms. The Morgan fingerprint density at radius 1 is 0.688 bits per heavy atom. The van der Waals surface area contributed by atoms with Gasteiger partial charge in [0.25, 0.3) is 0 Å². The quantitative estimate of drug-likeness (QED) is 0.410. The highest BCUT2D eigenvalue weighted by molar-refractivity contribution is 4.51. The summed E-state index contributed by atoms with van der Waals surface area (Å²) in [6.45, 7) is 7.67. The molecule has 0 amide bonds. The summed E-state index contributed by atoms with van der Waals surface area (Å²) in [5, 5.41) is 0. The van der Waals surface area contributed by atoms with E-state index < -0.39 is 0 Å². The van der Waals surface area contributed by atoms with E-state index in [4.69, 9.17) is 4.74 Å². The maximum absolute atomic E-state index is 5.79. The van der Waals surface area contributed by atoms with Crippen LogP contribution in [0.25, 0.3) is 0 Å². The Kier molecular flexibility index (Phi) is 13.0. The summed E-state index contributed by atoms with van der Waals surface area (Å²) >= 11 is 0. The third kappa shape index (κ3) is 10.5. The van der Waals surface area contributed by atoms with Crippen molar-refractivity contribution < 1.29 is 4.74 Å². The van der Waals surface area contributed by atoms with Crippen LogP contribution in [0.5, 0.6) is 0 Å². The fourth-order valence-corrected chi connectivity index (χ4v) is 2.01. The van der Waals surface area contributed by atoms with E-state index in [9.17, 15) is 0 Å². The average molecular weight is 228 g/mol. The topological polar surface area (TPSA) is 9.23 Å². The van der Waals surface area contributed by atoms with E-state index in [0.717, 1.165) is 19.4 Å². The Morgan fingerprint density at radius 3 is 1.69 bits per heavy atom. The second kappa shape index (κ2) is 13.0. The van der Waals surface area contributed by atoms with Gasteiger partial charge in [-0.1, -0.05) is 65.7 Å². The van der Waals surface area contributed by atoms with Crippen molar-refractivity contribution in [2.75, 3.05) is 6.61 Å². The van der Waals surface area contributed by atoms with Gasteiger partial charge in [-0.2, -0.15) is 0 Å². The van der Waals surface area contributed by atoms with Crippen LogP contribution in [-0.2, 0) is 4.74 Å². The van der Waals surface area contributed by atoms with Gasteiger partial charge >= 0.3 is 0 Å². The van der Waals surface area contributed by atoms with Crippen LogP contribution in [0.2, 0.25) is 0 Å². The summed E-state index contributed by atoms with van der Waals surface area (Å²) in [4.78, 5) is 0. The van der Waals surface area contributed by atoms with Gasteiger partial charge in [0.05, 0.1) is 6.10 Å². The van der Waals surface area contributed by atoms with E-state index in [1.54, 1.807) is 0 Å². The first-order chi connectivity index (χ1) is 7.85. The lowest BCUT2D eigenvalue weighted by atomic mass is 10.1. The molecule has 98 valence electrons. The Balaban J connectivity index is 3.03. The Hall–Kier alpha value is -0.0400. The minimum absolute atomic E-state index is 0.504. The van der Waals surface area contributed by atoms with Gasteiger partial charge in [0, 0.05) is 6.61 Å². The first kappa shape index (κ1) is 16.0. The van der Waals surface area contributed by atoms with E-state index in [2.05, 4.69) is 20.8 Å². The van der Waals surface area contributed by atoms with Gasteiger partial charge in [0.2, 0.25) is 0 Å². The summed E-state index contributed by atoms with van der Waals surface area (Å²) in [6.07, 6.45) is 13.9. The summed E-state index contributed by atoms with van der Waals surface area (Å²) < 4.78 is 5.79. The zero-order chi connectivity index (χ0) is 12.1. The van der Waals surface area contributed by atoms with Gasteiger partial charge in [-0.25, -0.2) is 0 Å². The maximum atomic E-state index is 5.79. The molecule has 0 aliphatic heterocycles. The molecule has 0 bridgehead atoms. The van der Waals surface area contributed by atoms with Crippen molar-refractivity contribution in [1.29, 1.82) is 0 Å². The summed E-state index contributed by atoms with van der Waals surface area (Å²) in [5.74, 6) is 0. The Labute approximate surface area is 103 Å². The lowest BCUT2D eigenvalue weighted by Crippen LogP contribution is -2.10. The molecule has 0 aliphatic rings. The van der Waals surface area contributed by atoms with Crippen molar-refractivity contribution in [3.8, 4) is 0 Å². The maximum Gasteiger partial charge on any atom is 0.0569 e. The SMILES string of the molecule is CCCCCCCCCCOC(CC)CC. The number of rotatable bonds is 12. The van der Waals surface area contributed by atoms with Crippen LogP contribution < -0.4 is 0 Å². The smallest absolute Gasteiger partial charge is 0.0569 e. The monoisotopic (exact) mass is 228 g/mol. The highest BCUT2D eigenvalue weighted by atomic mass is 16.5. The third-order valence-electron chi connectivity index (χ3n) is 3.26. The molecule has 0 aromatic rings. The van der Waals surface area contributed by atoms with Crippen LogP contribution in [0.1, 0.15) is 85.0 Å². The van der Waals surface area contributed by atoms with E-state index >= 15 is 0 Å². The normalized spacial score (nSPS) is 11.2. The Morgan fingerprint density at radius 2 is 1.19 bits per heavy atom. The number of hydrogen-bond donors (Lipinski definition) is 0. The summed E-state index contributed by atoms with van der Waals surface area (Å²) in [6, 6.07) is 0. The van der Waals surface area contributed by atoms with Crippen LogP contribution in [0.15, 0.2) is 0 Å². The van der Waals surface area contributed by atoms with E-state index in [0.29, 0.717) is 6.10 Å². The first-order valence-electron chi connectivity index (χ1n) is 7.46. The number of ether oxygens (including phenoxy) is 1. The van der Waals surface area contributed by atoms with Crippen molar-refractivity contribution in [1.82, 2.24) is 0 Å². The summed E-state index contributed by atoms with van der Waals surface area (Å²) in [5.41, 5.74) is 0. The second-order valence-electron chi connectivity index (χ2n) is 4.78. The van der Waals surface area contributed by atoms with Gasteiger partial charge in [0.1, 0.15) is 0 Å². The predicted molar refractivity (Wildman–Crippen MR) is 72.9 cm³/mol. The largest absolute Gasteiger partial charge is 0.378 e. The first-order valence-corrected chi connectivity index (χ1v) is 7.46. The molecule has 0 atom stereocenters. The van der Waals surface area contributed by atoms with Crippen molar-refractivity contribution in [2.45, 2.75) is 91.1 Å². The van der Waals surface area contributed by atoms with E-state index in [1.165, 1.54) is 51.4 Å². The zero-order valence-corrected chi connectivity index (χ0v) is 11.8. The second-order valence-corrected chi connectivity index (χ2v) is 4.78. The van der Waals surface area contributed by atoms with Crippen LogP contribution in [0, 0.1) is 0 Å². The van der Waals surface area contributed by atoms with Gasteiger partial charge in [-0.05, 0) is 19.3 Å². The molecule has 1 nitrogen and oxygen atoms in total. The molecule has 0 unspecified atom stereocenters. The van der Waals surface area contributed by atoms with Crippen LogP contribution in [0.4, 0.5) is 0 Å². The molecule has 0 saturated heterocycles. The Bertz CT molecular complexity index is 119. The molecule has 0 heterocycles. The van der Waals surface area contributed by atoms with Crippen LogP contribution in [-0.4, -0.2) is 12.7 Å². The van der Waals surface area contributed by atoms with Gasteiger partial charge in [0.15, 0.2) is 0 Å². The molecule has 0 fully saturated rings.